The first-order valence-corrected chi connectivity index (χ1v) is 3.76. The van der Waals surface area contributed by atoms with Crippen LogP contribution in [0.1, 0.15) is 27.2 Å². The first-order valence-electron chi connectivity index (χ1n) is 3.76. The maximum atomic E-state index is 10.8. The molecule has 0 aromatic heterocycles. The van der Waals surface area contributed by atoms with Crippen LogP contribution in [0.4, 0.5) is 0 Å². The van der Waals surface area contributed by atoms with E-state index in [0.29, 0.717) is 0 Å². The first-order chi connectivity index (χ1) is 5.11. The van der Waals surface area contributed by atoms with Gasteiger partial charge >= 0.3 is 0 Å². The number of nitrogens with zero attached hydrogens (tertiary/aromatic N) is 1. The fourth-order valence-electron chi connectivity index (χ4n) is 0.676. The zero-order valence-corrected chi connectivity index (χ0v) is 7.64. The van der Waals surface area contributed by atoms with Crippen LogP contribution in [-0.4, -0.2) is 18.5 Å². The van der Waals surface area contributed by atoms with Crippen molar-refractivity contribution in [2.45, 2.75) is 27.2 Å². The van der Waals surface area contributed by atoms with Crippen molar-refractivity contribution in [1.29, 1.82) is 0 Å². The van der Waals surface area contributed by atoms with Gasteiger partial charge in [-0.25, -0.2) is 0 Å². The van der Waals surface area contributed by atoms with Gasteiger partial charge in [-0.2, -0.15) is 0 Å². The average Bonchev–Trinajstić information content (AvgIpc) is 1.99. The SMILES string of the molecule is CCC(/C=C(/C)C(C)=O)=NC. The molecule has 0 heterocycles. The number of aliphatic imine (C=N–C) groups is 1. The summed E-state index contributed by atoms with van der Waals surface area (Å²) in [4.78, 5) is 14.8. The van der Waals surface area contributed by atoms with Crippen LogP contribution in [-0.2, 0) is 4.79 Å². The van der Waals surface area contributed by atoms with E-state index < -0.39 is 0 Å². The van der Waals surface area contributed by atoms with Gasteiger partial charge in [0.1, 0.15) is 0 Å². The van der Waals surface area contributed by atoms with Crippen LogP contribution in [0.2, 0.25) is 0 Å². The van der Waals surface area contributed by atoms with Gasteiger partial charge in [-0.1, -0.05) is 6.92 Å². The third-order valence-corrected chi connectivity index (χ3v) is 1.59. The van der Waals surface area contributed by atoms with E-state index in [2.05, 4.69) is 4.99 Å². The number of rotatable bonds is 3. The van der Waals surface area contributed by atoms with Crippen molar-refractivity contribution in [3.05, 3.63) is 11.6 Å². The highest BCUT2D eigenvalue weighted by atomic mass is 16.1. The molecule has 0 aliphatic heterocycles. The molecule has 2 heteroatoms. The number of carbonyl (C=O) groups is 1. The van der Waals surface area contributed by atoms with Crippen LogP contribution in [0.25, 0.3) is 0 Å². The monoisotopic (exact) mass is 153 g/mol. The number of carbonyl (C=O) groups excluding carboxylic acids is 1. The molecule has 0 atom stereocenters. The summed E-state index contributed by atoms with van der Waals surface area (Å²) in [6.45, 7) is 5.39. The quantitative estimate of drug-likeness (QED) is 0.450. The maximum absolute atomic E-state index is 10.8. The fourth-order valence-corrected chi connectivity index (χ4v) is 0.676. The number of hydrogen-bond donors (Lipinski definition) is 0. The Morgan fingerprint density at radius 2 is 2.00 bits per heavy atom. The van der Waals surface area contributed by atoms with Gasteiger partial charge in [0.25, 0.3) is 0 Å². The molecule has 0 radical (unpaired) electrons. The van der Waals surface area contributed by atoms with Crippen LogP contribution in [0.15, 0.2) is 16.6 Å². The second-order valence-corrected chi connectivity index (χ2v) is 2.45. The summed E-state index contributed by atoms with van der Waals surface area (Å²) in [7, 11) is 1.74. The van der Waals surface area contributed by atoms with Gasteiger partial charge in [0.15, 0.2) is 5.78 Å². The van der Waals surface area contributed by atoms with Crippen molar-refractivity contribution < 1.29 is 4.79 Å². The molecule has 0 aliphatic rings. The van der Waals surface area contributed by atoms with Gasteiger partial charge in [0.05, 0.1) is 0 Å². The topological polar surface area (TPSA) is 29.4 Å². The lowest BCUT2D eigenvalue weighted by atomic mass is 10.1. The van der Waals surface area contributed by atoms with Gasteiger partial charge in [-0.15, -0.1) is 0 Å². The van der Waals surface area contributed by atoms with Crippen LogP contribution in [0.3, 0.4) is 0 Å². The van der Waals surface area contributed by atoms with E-state index in [9.17, 15) is 4.79 Å². The molecule has 0 rings (SSSR count). The van der Waals surface area contributed by atoms with Gasteiger partial charge < -0.3 is 0 Å². The highest BCUT2D eigenvalue weighted by Crippen LogP contribution is 1.97. The van der Waals surface area contributed by atoms with E-state index in [1.54, 1.807) is 14.0 Å². The van der Waals surface area contributed by atoms with Crippen LogP contribution < -0.4 is 0 Å². The highest BCUT2D eigenvalue weighted by Gasteiger charge is 1.96. The molecular formula is C9H15NO. The van der Waals surface area contributed by atoms with Gasteiger partial charge in [-0.3, -0.25) is 9.79 Å². The van der Waals surface area contributed by atoms with Gasteiger partial charge in [0, 0.05) is 12.8 Å². The minimum atomic E-state index is 0.111. The lowest BCUT2D eigenvalue weighted by molar-refractivity contribution is -0.113. The zero-order valence-electron chi connectivity index (χ0n) is 7.64. The molecule has 0 fully saturated rings. The van der Waals surface area contributed by atoms with Gasteiger partial charge in [-0.05, 0) is 31.9 Å². The van der Waals surface area contributed by atoms with E-state index in [-0.39, 0.29) is 5.78 Å². The Kier molecular flexibility index (Phi) is 4.42. The molecule has 0 spiro atoms. The number of hydrogen-bond acceptors (Lipinski definition) is 2. The second kappa shape index (κ2) is 4.83. The van der Waals surface area contributed by atoms with Crippen molar-refractivity contribution in [2.75, 3.05) is 7.05 Å². The Morgan fingerprint density at radius 3 is 2.27 bits per heavy atom. The normalized spacial score (nSPS) is 13.5. The number of ketones is 1. The molecule has 11 heavy (non-hydrogen) atoms. The molecule has 0 unspecified atom stereocenters. The third kappa shape index (κ3) is 3.71. The van der Waals surface area contributed by atoms with Crippen molar-refractivity contribution in [2.24, 2.45) is 4.99 Å². The van der Waals surface area contributed by atoms with Crippen LogP contribution in [0, 0.1) is 0 Å². The van der Waals surface area contributed by atoms with Crippen molar-refractivity contribution in [1.82, 2.24) is 0 Å². The molecule has 0 aromatic carbocycles. The van der Waals surface area contributed by atoms with Crippen molar-refractivity contribution >= 4 is 11.5 Å². The average molecular weight is 153 g/mol. The van der Waals surface area contributed by atoms with Crippen LogP contribution >= 0.6 is 0 Å². The predicted octanol–water partition coefficient (Wildman–Crippen LogP) is 2.00. The Labute approximate surface area is 68.0 Å². The lowest BCUT2D eigenvalue weighted by Crippen LogP contribution is -1.97. The predicted molar refractivity (Wildman–Crippen MR) is 48.1 cm³/mol. The maximum Gasteiger partial charge on any atom is 0.155 e. The summed E-state index contributed by atoms with van der Waals surface area (Å²) in [5, 5.41) is 0. The molecule has 0 aromatic rings. The molecule has 0 bridgehead atoms. The minimum absolute atomic E-state index is 0.111. The molecule has 2 nitrogen and oxygen atoms in total. The molecule has 0 amide bonds. The lowest BCUT2D eigenvalue weighted by Gasteiger charge is -1.96. The molecule has 62 valence electrons. The third-order valence-electron chi connectivity index (χ3n) is 1.59. The molecule has 0 saturated heterocycles. The number of allylic oxidation sites excluding steroid dienone is 2. The molecule has 0 aliphatic carbocycles. The highest BCUT2D eigenvalue weighted by molar-refractivity contribution is 6.03. The molecular weight excluding hydrogens is 138 g/mol. The first kappa shape index (κ1) is 10.1. The van der Waals surface area contributed by atoms with Gasteiger partial charge in [0.2, 0.25) is 0 Å². The Morgan fingerprint density at radius 1 is 1.45 bits per heavy atom. The van der Waals surface area contributed by atoms with E-state index in [1.165, 1.54) is 0 Å². The fraction of sp³-hybridized carbons (Fsp3) is 0.556. The van der Waals surface area contributed by atoms with E-state index in [1.807, 2.05) is 19.9 Å². The Hall–Kier alpha value is -0.920. The summed E-state index contributed by atoms with van der Waals surface area (Å²) in [5.41, 5.74) is 1.74. The van der Waals surface area contributed by atoms with Crippen molar-refractivity contribution in [3.63, 3.8) is 0 Å². The van der Waals surface area contributed by atoms with Crippen molar-refractivity contribution in [3.8, 4) is 0 Å². The smallest absolute Gasteiger partial charge is 0.155 e. The zero-order chi connectivity index (χ0) is 8.85. The van der Waals surface area contributed by atoms with E-state index in [0.717, 1.165) is 17.7 Å². The number of Topliss-reactive ketones (excluding diaryl/α,β-unsaturated/α-hetero) is 1. The largest absolute Gasteiger partial charge is 0.295 e. The standard InChI is InChI=1S/C9H15NO/c1-5-9(10-4)6-7(2)8(3)11/h6H,5H2,1-4H3/b7-6-,10-9?. The second-order valence-electron chi connectivity index (χ2n) is 2.45. The summed E-state index contributed by atoms with van der Waals surface area (Å²) in [6.07, 6.45) is 2.71. The summed E-state index contributed by atoms with van der Waals surface area (Å²) >= 11 is 0. The molecule has 0 saturated carbocycles. The summed E-state index contributed by atoms with van der Waals surface area (Å²) in [5.74, 6) is 0.111. The van der Waals surface area contributed by atoms with Crippen LogP contribution in [0.5, 0.6) is 0 Å². The minimum Gasteiger partial charge on any atom is -0.295 e. The Bertz CT molecular complexity index is 202. The van der Waals surface area contributed by atoms with E-state index in [4.69, 9.17) is 0 Å². The summed E-state index contributed by atoms with van der Waals surface area (Å²) < 4.78 is 0. The van der Waals surface area contributed by atoms with E-state index >= 15 is 0 Å². The summed E-state index contributed by atoms with van der Waals surface area (Å²) in [6, 6.07) is 0. The molecule has 0 N–H and O–H groups in total. The Balaban J connectivity index is 4.40.